The van der Waals surface area contributed by atoms with E-state index in [1.807, 2.05) is 19.9 Å². The van der Waals surface area contributed by atoms with Gasteiger partial charge in [0.1, 0.15) is 0 Å². The van der Waals surface area contributed by atoms with Gasteiger partial charge in [0.2, 0.25) is 11.9 Å². The minimum absolute atomic E-state index is 0.144. The molecule has 0 spiro atoms. The summed E-state index contributed by atoms with van der Waals surface area (Å²) in [6, 6.07) is 6.23. The van der Waals surface area contributed by atoms with Crippen LogP contribution in [0.4, 0.5) is 11.6 Å². The van der Waals surface area contributed by atoms with Crippen molar-refractivity contribution < 1.29 is 19.1 Å². The van der Waals surface area contributed by atoms with Crippen LogP contribution < -0.4 is 16.0 Å². The second-order valence-corrected chi connectivity index (χ2v) is 7.93. The van der Waals surface area contributed by atoms with E-state index in [-0.39, 0.29) is 16.2 Å². The van der Waals surface area contributed by atoms with E-state index in [0.29, 0.717) is 30.6 Å². The number of benzene rings is 1. The summed E-state index contributed by atoms with van der Waals surface area (Å²) < 4.78 is 9.54. The Morgan fingerprint density at radius 1 is 1.00 bits per heavy atom. The fourth-order valence-electron chi connectivity index (χ4n) is 3.15. The Kier molecular flexibility index (Phi) is 9.00. The number of guanidine groups is 1. The first-order valence-electron chi connectivity index (χ1n) is 10.8. The van der Waals surface area contributed by atoms with Gasteiger partial charge in [-0.25, -0.2) is 24.5 Å². The molecule has 36 heavy (non-hydrogen) atoms. The molecule has 2 aromatic heterocycles. The number of carbonyl (C=O) groups excluding carboxylic acids is 2. The SMILES string of the molecule is COC(=O)c1cc(NC(=S)NC(=NCCc2cnc[nH]2)Nc2nc(C)cc(C)n2)cc(C(=O)OC)c1. The number of thiocarbonyl (C=S) groups is 1. The van der Waals surface area contributed by atoms with Gasteiger partial charge >= 0.3 is 11.9 Å². The van der Waals surface area contributed by atoms with Crippen LogP contribution in [0.5, 0.6) is 0 Å². The summed E-state index contributed by atoms with van der Waals surface area (Å²) in [5, 5.41) is 9.12. The average Bonchev–Trinajstić information content (AvgIpc) is 3.35. The number of rotatable bonds is 7. The molecule has 3 aromatic rings. The van der Waals surface area contributed by atoms with E-state index >= 15 is 0 Å². The molecular weight excluding hydrogens is 484 g/mol. The number of aromatic amines is 1. The highest BCUT2D eigenvalue weighted by Gasteiger charge is 2.15. The van der Waals surface area contributed by atoms with Crippen LogP contribution in [0.15, 0.2) is 41.8 Å². The van der Waals surface area contributed by atoms with E-state index in [1.165, 1.54) is 32.4 Å². The molecular formula is C23H26N8O4S. The van der Waals surface area contributed by atoms with Gasteiger partial charge < -0.3 is 25.1 Å². The predicted molar refractivity (Wildman–Crippen MR) is 138 cm³/mol. The molecule has 12 nitrogen and oxygen atoms in total. The molecule has 13 heteroatoms. The van der Waals surface area contributed by atoms with Gasteiger partial charge in [0.25, 0.3) is 0 Å². The number of methoxy groups -OCH3 is 2. The summed E-state index contributed by atoms with van der Waals surface area (Å²) in [5.74, 6) is -0.576. The molecule has 0 fully saturated rings. The van der Waals surface area contributed by atoms with Gasteiger partial charge in [-0.15, -0.1) is 0 Å². The highest BCUT2D eigenvalue weighted by atomic mass is 32.1. The normalized spacial score (nSPS) is 10.9. The van der Waals surface area contributed by atoms with Crippen molar-refractivity contribution in [3.63, 3.8) is 0 Å². The number of esters is 2. The number of aliphatic imine (C=N–C) groups is 1. The van der Waals surface area contributed by atoms with Crippen LogP contribution in [-0.2, 0) is 15.9 Å². The summed E-state index contributed by atoms with van der Waals surface area (Å²) in [4.78, 5) is 44.5. The number of aryl methyl sites for hydroxylation is 2. The minimum atomic E-state index is -0.614. The molecule has 0 atom stereocenters. The molecule has 0 bridgehead atoms. The lowest BCUT2D eigenvalue weighted by atomic mass is 10.1. The molecule has 0 radical (unpaired) electrons. The monoisotopic (exact) mass is 510 g/mol. The number of imidazole rings is 1. The second kappa shape index (κ2) is 12.4. The second-order valence-electron chi connectivity index (χ2n) is 7.52. The molecule has 0 aliphatic carbocycles. The Hall–Kier alpha value is -4.39. The van der Waals surface area contributed by atoms with Crippen molar-refractivity contribution in [3.05, 3.63) is 65.0 Å². The molecule has 2 heterocycles. The molecule has 4 N–H and O–H groups in total. The van der Waals surface area contributed by atoms with Crippen LogP contribution >= 0.6 is 12.2 Å². The van der Waals surface area contributed by atoms with Crippen LogP contribution in [0.2, 0.25) is 0 Å². The largest absolute Gasteiger partial charge is 0.465 e. The van der Waals surface area contributed by atoms with Crippen molar-refractivity contribution in [2.75, 3.05) is 31.4 Å². The fraction of sp³-hybridized carbons (Fsp3) is 0.261. The first kappa shape index (κ1) is 26.2. The lowest BCUT2D eigenvalue weighted by molar-refractivity contribution is 0.0599. The zero-order chi connectivity index (χ0) is 26.1. The van der Waals surface area contributed by atoms with Crippen molar-refractivity contribution in [1.29, 1.82) is 0 Å². The van der Waals surface area contributed by atoms with E-state index in [0.717, 1.165) is 17.1 Å². The molecule has 0 unspecified atom stereocenters. The Bertz CT molecular complexity index is 1220. The van der Waals surface area contributed by atoms with Gasteiger partial charge in [0, 0.05) is 41.9 Å². The van der Waals surface area contributed by atoms with Gasteiger partial charge in [0.15, 0.2) is 5.11 Å². The molecule has 1 aromatic carbocycles. The minimum Gasteiger partial charge on any atom is -0.465 e. The Morgan fingerprint density at radius 3 is 2.19 bits per heavy atom. The smallest absolute Gasteiger partial charge is 0.337 e. The lowest BCUT2D eigenvalue weighted by Crippen LogP contribution is -2.39. The molecule has 0 aliphatic rings. The Labute approximate surface area is 213 Å². The standard InChI is InChI=1S/C23H26N8O4S/c1-13-7-14(2)28-22(27-13)30-21(25-6-5-17-11-24-12-26-17)31-23(36)29-18-9-15(19(32)34-3)8-16(10-18)20(33)35-4/h7-12H,5-6H2,1-4H3,(H,24,26)(H3,25,27,28,29,30,31,36). The van der Waals surface area contributed by atoms with Gasteiger partial charge in [-0.2, -0.15) is 0 Å². The Morgan fingerprint density at radius 2 is 1.64 bits per heavy atom. The van der Waals surface area contributed by atoms with E-state index < -0.39 is 11.9 Å². The summed E-state index contributed by atoms with van der Waals surface area (Å²) in [5.41, 5.74) is 3.18. The molecule has 0 amide bonds. The summed E-state index contributed by atoms with van der Waals surface area (Å²) in [6.45, 7) is 4.14. The summed E-state index contributed by atoms with van der Waals surface area (Å²) in [7, 11) is 2.50. The number of hydrogen-bond donors (Lipinski definition) is 4. The van der Waals surface area contributed by atoms with Crippen molar-refractivity contribution in [3.8, 4) is 0 Å². The number of carbonyl (C=O) groups is 2. The molecule has 0 saturated heterocycles. The zero-order valence-electron chi connectivity index (χ0n) is 20.2. The third-order valence-corrected chi connectivity index (χ3v) is 4.89. The number of aromatic nitrogens is 4. The van der Waals surface area contributed by atoms with Crippen LogP contribution in [0, 0.1) is 13.8 Å². The number of nitrogens with zero attached hydrogens (tertiary/aromatic N) is 4. The van der Waals surface area contributed by atoms with Crippen LogP contribution in [0.1, 0.15) is 37.8 Å². The quantitative estimate of drug-likeness (QED) is 0.160. The van der Waals surface area contributed by atoms with E-state index in [2.05, 4.69) is 40.9 Å². The number of ether oxygens (including phenoxy) is 2. The van der Waals surface area contributed by atoms with Gasteiger partial charge in [-0.1, -0.05) is 0 Å². The van der Waals surface area contributed by atoms with Crippen molar-refractivity contribution in [1.82, 2.24) is 25.3 Å². The lowest BCUT2D eigenvalue weighted by Gasteiger charge is -2.15. The predicted octanol–water partition coefficient (Wildman–Crippen LogP) is 2.39. The van der Waals surface area contributed by atoms with E-state index in [4.69, 9.17) is 21.7 Å². The van der Waals surface area contributed by atoms with Crippen LogP contribution in [0.25, 0.3) is 0 Å². The maximum atomic E-state index is 12.1. The fourth-order valence-corrected chi connectivity index (χ4v) is 3.36. The summed E-state index contributed by atoms with van der Waals surface area (Å²) >= 11 is 5.45. The number of nitrogens with one attached hydrogen (secondary N) is 4. The van der Waals surface area contributed by atoms with E-state index in [1.54, 1.807) is 12.5 Å². The number of anilines is 2. The summed E-state index contributed by atoms with van der Waals surface area (Å²) in [6.07, 6.45) is 3.94. The third kappa shape index (κ3) is 7.56. The molecule has 0 aliphatic heterocycles. The highest BCUT2D eigenvalue weighted by Crippen LogP contribution is 2.17. The highest BCUT2D eigenvalue weighted by molar-refractivity contribution is 7.80. The van der Waals surface area contributed by atoms with Crippen LogP contribution in [-0.4, -0.2) is 63.7 Å². The average molecular weight is 511 g/mol. The van der Waals surface area contributed by atoms with Gasteiger partial charge in [-0.05, 0) is 50.3 Å². The van der Waals surface area contributed by atoms with Crippen molar-refractivity contribution in [2.24, 2.45) is 4.99 Å². The van der Waals surface area contributed by atoms with Gasteiger partial charge in [-0.3, -0.25) is 10.3 Å². The van der Waals surface area contributed by atoms with Crippen molar-refractivity contribution in [2.45, 2.75) is 20.3 Å². The maximum absolute atomic E-state index is 12.1. The number of H-pyrrole nitrogens is 1. The van der Waals surface area contributed by atoms with Gasteiger partial charge in [0.05, 0.1) is 31.7 Å². The van der Waals surface area contributed by atoms with Crippen LogP contribution in [0.3, 0.4) is 0 Å². The third-order valence-electron chi connectivity index (χ3n) is 4.68. The first-order chi connectivity index (χ1) is 17.3. The molecule has 188 valence electrons. The van der Waals surface area contributed by atoms with E-state index in [9.17, 15) is 9.59 Å². The van der Waals surface area contributed by atoms with Crippen molar-refractivity contribution >= 4 is 46.9 Å². The molecule has 0 saturated carbocycles. The number of hydrogen-bond acceptors (Lipinski definition) is 9. The molecule has 3 rings (SSSR count). The maximum Gasteiger partial charge on any atom is 0.337 e. The zero-order valence-corrected chi connectivity index (χ0v) is 21.0. The first-order valence-corrected chi connectivity index (χ1v) is 11.2. The topological polar surface area (TPSA) is 156 Å². The Balaban J connectivity index is 1.80.